The fraction of sp³-hybridized carbons (Fsp3) is 0.125. The van der Waals surface area contributed by atoms with Crippen molar-refractivity contribution < 1.29 is 17.9 Å². The fourth-order valence-corrected chi connectivity index (χ4v) is 3.09. The second kappa shape index (κ2) is 7.93. The Hall–Kier alpha value is -3.31. The van der Waals surface area contributed by atoms with Crippen molar-refractivity contribution in [2.45, 2.75) is 11.6 Å². The van der Waals surface area contributed by atoms with E-state index < -0.39 is 15.9 Å². The van der Waals surface area contributed by atoms with E-state index in [9.17, 15) is 13.2 Å². The molecule has 0 bridgehead atoms. The summed E-state index contributed by atoms with van der Waals surface area (Å²) in [4.78, 5) is 19.8. The van der Waals surface area contributed by atoms with Gasteiger partial charge in [0.2, 0.25) is 5.95 Å². The molecule has 140 valence electrons. The Morgan fingerprint density at radius 3 is 2.52 bits per heavy atom. The molecule has 27 heavy (non-hydrogen) atoms. The standard InChI is InChI=1S/C16H16N6O4S/c1-26-11-22-10-7-14(20-22)15(23)19-12-3-5-13(6-4-12)27(24,25)21-16-17-8-2-9-18-16/h2-10H,11H2,1H3,(H,19,23)(H,17,18,21). The third kappa shape index (κ3) is 4.65. The quantitative estimate of drug-likeness (QED) is 0.625. The second-order valence-electron chi connectivity index (χ2n) is 5.31. The predicted octanol–water partition coefficient (Wildman–Crippen LogP) is 1.33. The largest absolute Gasteiger partial charge is 0.362 e. The molecule has 0 unspecified atom stereocenters. The van der Waals surface area contributed by atoms with Gasteiger partial charge in [0.25, 0.3) is 15.9 Å². The first-order chi connectivity index (χ1) is 13.0. The molecule has 0 atom stereocenters. The maximum Gasteiger partial charge on any atom is 0.276 e. The lowest BCUT2D eigenvalue weighted by atomic mass is 10.3. The first-order valence-electron chi connectivity index (χ1n) is 7.71. The number of hydrogen-bond acceptors (Lipinski definition) is 7. The van der Waals surface area contributed by atoms with E-state index in [-0.39, 0.29) is 23.3 Å². The molecule has 0 fully saturated rings. The monoisotopic (exact) mass is 388 g/mol. The highest BCUT2D eigenvalue weighted by Crippen LogP contribution is 2.17. The van der Waals surface area contributed by atoms with Gasteiger partial charge in [-0.25, -0.2) is 27.8 Å². The molecule has 0 saturated heterocycles. The molecule has 3 aromatic rings. The van der Waals surface area contributed by atoms with E-state index in [4.69, 9.17) is 4.74 Å². The molecule has 3 rings (SSSR count). The topological polar surface area (TPSA) is 128 Å². The molecule has 0 aliphatic heterocycles. The molecule has 2 heterocycles. The lowest BCUT2D eigenvalue weighted by Crippen LogP contribution is -2.16. The van der Waals surface area contributed by atoms with Crippen LogP contribution in [0.25, 0.3) is 0 Å². The van der Waals surface area contributed by atoms with Crippen LogP contribution in [0.4, 0.5) is 11.6 Å². The highest BCUT2D eigenvalue weighted by Gasteiger charge is 2.16. The smallest absolute Gasteiger partial charge is 0.276 e. The summed E-state index contributed by atoms with van der Waals surface area (Å²) < 4.78 is 33.3. The maximum absolute atomic E-state index is 12.3. The summed E-state index contributed by atoms with van der Waals surface area (Å²) in [6.45, 7) is 0.234. The van der Waals surface area contributed by atoms with Crippen molar-refractivity contribution in [2.24, 2.45) is 0 Å². The van der Waals surface area contributed by atoms with Crippen molar-refractivity contribution in [2.75, 3.05) is 17.1 Å². The van der Waals surface area contributed by atoms with Gasteiger partial charge >= 0.3 is 0 Å². The molecule has 0 radical (unpaired) electrons. The van der Waals surface area contributed by atoms with Crippen LogP contribution in [0.5, 0.6) is 0 Å². The molecule has 1 amide bonds. The van der Waals surface area contributed by atoms with Crippen molar-refractivity contribution in [3.8, 4) is 0 Å². The molecule has 11 heteroatoms. The summed E-state index contributed by atoms with van der Waals surface area (Å²) in [5.41, 5.74) is 0.642. The first kappa shape index (κ1) is 18.5. The van der Waals surface area contributed by atoms with Crippen molar-refractivity contribution in [3.63, 3.8) is 0 Å². The number of nitrogens with zero attached hydrogens (tertiary/aromatic N) is 4. The van der Waals surface area contributed by atoms with Crippen LogP contribution >= 0.6 is 0 Å². The van der Waals surface area contributed by atoms with E-state index in [0.717, 1.165) is 0 Å². The molecule has 0 aliphatic rings. The van der Waals surface area contributed by atoms with Crippen LogP contribution in [0.1, 0.15) is 10.5 Å². The molecule has 1 aromatic carbocycles. The third-order valence-electron chi connectivity index (χ3n) is 3.35. The van der Waals surface area contributed by atoms with Crippen LogP contribution in [0.15, 0.2) is 59.9 Å². The SMILES string of the molecule is COCn1ccc(C(=O)Nc2ccc(S(=O)(=O)Nc3ncccn3)cc2)n1. The molecule has 10 nitrogen and oxygen atoms in total. The number of carbonyl (C=O) groups excluding carboxylic acids is 1. The zero-order valence-corrected chi connectivity index (χ0v) is 15.0. The molecule has 0 aliphatic carbocycles. The average molecular weight is 388 g/mol. The molecule has 2 N–H and O–H groups in total. The summed E-state index contributed by atoms with van der Waals surface area (Å²) in [5, 5.41) is 6.71. The maximum atomic E-state index is 12.3. The van der Waals surface area contributed by atoms with Crippen LogP contribution in [0.3, 0.4) is 0 Å². The lowest BCUT2D eigenvalue weighted by Gasteiger charge is -2.08. The van der Waals surface area contributed by atoms with Crippen LogP contribution in [-0.4, -0.2) is 41.2 Å². The molecule has 0 saturated carbocycles. The van der Waals surface area contributed by atoms with Gasteiger partial charge in [0.05, 0.1) is 4.90 Å². The number of amides is 1. The van der Waals surface area contributed by atoms with Gasteiger partial charge in [0.1, 0.15) is 6.73 Å². The van der Waals surface area contributed by atoms with Crippen molar-refractivity contribution in [1.29, 1.82) is 0 Å². The Labute approximate surface area is 155 Å². The Morgan fingerprint density at radius 2 is 1.85 bits per heavy atom. The van der Waals surface area contributed by atoms with Gasteiger partial charge in [-0.1, -0.05) is 0 Å². The number of methoxy groups -OCH3 is 1. The van der Waals surface area contributed by atoms with Crippen molar-refractivity contribution in [1.82, 2.24) is 19.7 Å². The lowest BCUT2D eigenvalue weighted by molar-refractivity contribution is 0.101. The molecular weight excluding hydrogens is 372 g/mol. The Bertz CT molecular complexity index is 1020. The number of hydrogen-bond donors (Lipinski definition) is 2. The van der Waals surface area contributed by atoms with Crippen LogP contribution in [-0.2, 0) is 21.5 Å². The molecular formula is C16H16N6O4S. The van der Waals surface area contributed by atoms with Crippen molar-refractivity contribution >= 4 is 27.6 Å². The summed E-state index contributed by atoms with van der Waals surface area (Å²) in [5.74, 6) is -0.446. The number of sulfonamides is 1. The number of benzene rings is 1. The van der Waals surface area contributed by atoms with Crippen LogP contribution in [0, 0.1) is 0 Å². The van der Waals surface area contributed by atoms with Gasteiger partial charge in [-0.05, 0) is 36.4 Å². The highest BCUT2D eigenvalue weighted by atomic mass is 32.2. The zero-order valence-electron chi connectivity index (χ0n) is 14.2. The van der Waals surface area contributed by atoms with Gasteiger partial charge in [-0.3, -0.25) is 4.79 Å². The van der Waals surface area contributed by atoms with Gasteiger partial charge in [0, 0.05) is 31.4 Å². The van der Waals surface area contributed by atoms with E-state index in [0.29, 0.717) is 5.69 Å². The molecule has 2 aromatic heterocycles. The van der Waals surface area contributed by atoms with Crippen LogP contribution in [0.2, 0.25) is 0 Å². The number of aromatic nitrogens is 4. The van der Waals surface area contributed by atoms with Gasteiger partial charge in [-0.15, -0.1) is 0 Å². The fourth-order valence-electron chi connectivity index (χ4n) is 2.13. The third-order valence-corrected chi connectivity index (χ3v) is 4.69. The van der Waals surface area contributed by atoms with E-state index >= 15 is 0 Å². The summed E-state index contributed by atoms with van der Waals surface area (Å²) >= 11 is 0. The Balaban J connectivity index is 1.68. The van der Waals surface area contributed by atoms with Crippen molar-refractivity contribution in [3.05, 3.63) is 60.7 Å². The van der Waals surface area contributed by atoms with E-state index in [1.807, 2.05) is 0 Å². The summed E-state index contributed by atoms with van der Waals surface area (Å²) in [6.07, 6.45) is 4.47. The second-order valence-corrected chi connectivity index (χ2v) is 7.00. The minimum absolute atomic E-state index is 0.0114. The Morgan fingerprint density at radius 1 is 1.15 bits per heavy atom. The Kier molecular flexibility index (Phi) is 5.43. The number of ether oxygens (including phenoxy) is 1. The highest BCUT2D eigenvalue weighted by molar-refractivity contribution is 7.92. The summed E-state index contributed by atoms with van der Waals surface area (Å²) in [7, 11) is -2.31. The van der Waals surface area contributed by atoms with E-state index in [2.05, 4.69) is 25.1 Å². The molecule has 0 spiro atoms. The first-order valence-corrected chi connectivity index (χ1v) is 9.20. The summed E-state index contributed by atoms with van der Waals surface area (Å²) in [6, 6.07) is 8.81. The predicted molar refractivity (Wildman–Crippen MR) is 96.5 cm³/mol. The number of anilines is 2. The minimum atomic E-state index is -3.83. The number of rotatable bonds is 7. The van der Waals surface area contributed by atoms with Gasteiger partial charge in [0.15, 0.2) is 5.69 Å². The minimum Gasteiger partial charge on any atom is -0.362 e. The number of nitrogens with one attached hydrogen (secondary N) is 2. The average Bonchev–Trinajstić information content (AvgIpc) is 3.12. The van der Waals surface area contributed by atoms with E-state index in [1.54, 1.807) is 18.3 Å². The van der Waals surface area contributed by atoms with Crippen LogP contribution < -0.4 is 10.0 Å². The number of carbonyl (C=O) groups is 1. The normalized spacial score (nSPS) is 11.1. The zero-order chi connectivity index (χ0) is 19.3. The van der Waals surface area contributed by atoms with E-state index in [1.165, 1.54) is 48.5 Å². The van der Waals surface area contributed by atoms with Gasteiger partial charge in [-0.2, -0.15) is 5.10 Å². The van der Waals surface area contributed by atoms with Gasteiger partial charge < -0.3 is 10.1 Å².